The zero-order valence-corrected chi connectivity index (χ0v) is 16.3. The number of nitrogens with zero attached hydrogens (tertiary/aromatic N) is 2. The van der Waals surface area contributed by atoms with Crippen molar-refractivity contribution in [2.45, 2.75) is 6.61 Å². The number of rotatable bonds is 6. The molecule has 0 aliphatic carbocycles. The predicted octanol–water partition coefficient (Wildman–Crippen LogP) is 3.44. The molecule has 0 fully saturated rings. The topological polar surface area (TPSA) is 92.9 Å². The highest BCUT2D eigenvalue weighted by Gasteiger charge is 2.12. The highest BCUT2D eigenvalue weighted by Crippen LogP contribution is 2.34. The van der Waals surface area contributed by atoms with Gasteiger partial charge < -0.3 is 14.2 Å². The molecule has 134 valence electrons. The molecule has 8 heteroatoms. The van der Waals surface area contributed by atoms with E-state index in [1.807, 2.05) is 24.3 Å². The maximum atomic E-state index is 11.0. The Morgan fingerprint density at radius 2 is 2.12 bits per heavy atom. The second kappa shape index (κ2) is 9.62. The number of benzene rings is 2. The number of hydrazone groups is 1. The molecule has 0 aromatic heterocycles. The fourth-order valence-electron chi connectivity index (χ4n) is 2.06. The van der Waals surface area contributed by atoms with Crippen LogP contribution in [0.5, 0.6) is 11.5 Å². The van der Waals surface area contributed by atoms with E-state index in [-0.39, 0.29) is 6.61 Å². The van der Waals surface area contributed by atoms with E-state index in [1.54, 1.807) is 12.1 Å². The van der Waals surface area contributed by atoms with Crippen LogP contribution in [-0.4, -0.2) is 26.5 Å². The molecule has 1 N–H and O–H groups in total. The van der Waals surface area contributed by atoms with Crippen molar-refractivity contribution in [3.05, 3.63) is 56.7 Å². The number of hydrogen-bond donors (Lipinski definition) is 1. The quantitative estimate of drug-likeness (QED) is 0.401. The van der Waals surface area contributed by atoms with Gasteiger partial charge in [0.15, 0.2) is 11.5 Å². The van der Waals surface area contributed by atoms with Crippen LogP contribution in [0, 0.1) is 14.9 Å². The average Bonchev–Trinajstić information content (AvgIpc) is 2.66. The highest BCUT2D eigenvalue weighted by atomic mass is 127. The van der Waals surface area contributed by atoms with Gasteiger partial charge in [0.2, 0.25) is 0 Å². The van der Waals surface area contributed by atoms with Crippen molar-refractivity contribution in [3.8, 4) is 17.6 Å². The van der Waals surface area contributed by atoms with Crippen molar-refractivity contribution in [1.29, 1.82) is 5.26 Å². The number of nitriles is 1. The smallest absolute Gasteiger partial charge is 0.427 e. The third kappa shape index (κ3) is 5.10. The van der Waals surface area contributed by atoms with Crippen LogP contribution in [0.2, 0.25) is 0 Å². The first-order valence-corrected chi connectivity index (χ1v) is 8.52. The van der Waals surface area contributed by atoms with E-state index in [0.29, 0.717) is 22.6 Å². The summed E-state index contributed by atoms with van der Waals surface area (Å²) < 4.78 is 16.5. The fourth-order valence-corrected chi connectivity index (χ4v) is 2.85. The fraction of sp³-hybridized carbons (Fsp3) is 0.167. The SMILES string of the molecule is COC(=O)N/N=C\c1cc(I)c(OCc2ccccc2C#N)c(OC)c1. The minimum absolute atomic E-state index is 0.243. The molecule has 2 aromatic rings. The predicted molar refractivity (Wildman–Crippen MR) is 104 cm³/mol. The van der Waals surface area contributed by atoms with Gasteiger partial charge in [0.1, 0.15) is 6.61 Å². The summed E-state index contributed by atoms with van der Waals surface area (Å²) in [6.45, 7) is 0.243. The average molecular weight is 465 g/mol. The Hall–Kier alpha value is -2.80. The largest absolute Gasteiger partial charge is 0.493 e. The Morgan fingerprint density at radius 3 is 2.81 bits per heavy atom. The Bertz CT molecular complexity index is 862. The third-order valence-corrected chi connectivity index (χ3v) is 4.12. The first kappa shape index (κ1) is 19.5. The number of carbonyl (C=O) groups excluding carboxylic acids is 1. The molecule has 0 bridgehead atoms. The third-order valence-electron chi connectivity index (χ3n) is 3.32. The van der Waals surface area contributed by atoms with Crippen LogP contribution in [0.4, 0.5) is 4.79 Å². The number of carbonyl (C=O) groups is 1. The van der Waals surface area contributed by atoms with Gasteiger partial charge in [-0.3, -0.25) is 0 Å². The summed E-state index contributed by atoms with van der Waals surface area (Å²) in [5.41, 5.74) is 4.29. The molecular formula is C18H16IN3O4. The molecule has 0 saturated heterocycles. The summed E-state index contributed by atoms with van der Waals surface area (Å²) in [7, 11) is 2.79. The maximum absolute atomic E-state index is 11.0. The maximum Gasteiger partial charge on any atom is 0.427 e. The van der Waals surface area contributed by atoms with E-state index >= 15 is 0 Å². The molecule has 0 atom stereocenters. The van der Waals surface area contributed by atoms with Crippen LogP contribution < -0.4 is 14.9 Å². The molecule has 0 spiro atoms. The van der Waals surface area contributed by atoms with Gasteiger partial charge in [-0.15, -0.1) is 0 Å². The Balaban J connectivity index is 2.19. The second-order valence-electron chi connectivity index (χ2n) is 4.95. The van der Waals surface area contributed by atoms with Crippen molar-refractivity contribution in [2.24, 2.45) is 5.10 Å². The summed E-state index contributed by atoms with van der Waals surface area (Å²) in [6, 6.07) is 13.0. The van der Waals surface area contributed by atoms with E-state index in [9.17, 15) is 4.79 Å². The number of hydrogen-bond acceptors (Lipinski definition) is 6. The molecule has 0 saturated carbocycles. The number of ether oxygens (including phenoxy) is 3. The summed E-state index contributed by atoms with van der Waals surface area (Å²) in [4.78, 5) is 11.0. The molecule has 2 aromatic carbocycles. The lowest BCUT2D eigenvalue weighted by Gasteiger charge is -2.14. The van der Waals surface area contributed by atoms with Gasteiger partial charge in [-0.2, -0.15) is 10.4 Å². The van der Waals surface area contributed by atoms with Crippen molar-refractivity contribution >= 4 is 34.9 Å². The minimum atomic E-state index is -0.654. The number of halogens is 1. The van der Waals surface area contributed by atoms with Crippen molar-refractivity contribution in [2.75, 3.05) is 14.2 Å². The van der Waals surface area contributed by atoms with Crippen LogP contribution in [0.1, 0.15) is 16.7 Å². The van der Waals surface area contributed by atoms with Gasteiger partial charge in [-0.1, -0.05) is 18.2 Å². The zero-order chi connectivity index (χ0) is 18.9. The normalized spacial score (nSPS) is 10.2. The molecule has 0 heterocycles. The molecule has 26 heavy (non-hydrogen) atoms. The van der Waals surface area contributed by atoms with Crippen molar-refractivity contribution in [3.63, 3.8) is 0 Å². The molecule has 0 radical (unpaired) electrons. The first-order chi connectivity index (χ1) is 12.6. The number of amides is 1. The number of methoxy groups -OCH3 is 2. The Labute approximate surface area is 164 Å². The van der Waals surface area contributed by atoms with Crippen LogP contribution in [-0.2, 0) is 11.3 Å². The Morgan fingerprint density at radius 1 is 1.35 bits per heavy atom. The molecule has 7 nitrogen and oxygen atoms in total. The van der Waals surface area contributed by atoms with E-state index in [2.05, 4.69) is 43.9 Å². The van der Waals surface area contributed by atoms with Gasteiger partial charge in [0.25, 0.3) is 0 Å². The van der Waals surface area contributed by atoms with Gasteiger partial charge in [-0.25, -0.2) is 10.2 Å². The van der Waals surface area contributed by atoms with Crippen molar-refractivity contribution < 1.29 is 19.0 Å². The van der Waals surface area contributed by atoms with Gasteiger partial charge in [0.05, 0.1) is 35.6 Å². The Kier molecular flexibility index (Phi) is 7.23. The summed E-state index contributed by atoms with van der Waals surface area (Å²) >= 11 is 2.12. The monoisotopic (exact) mass is 465 g/mol. The van der Waals surface area contributed by atoms with Crippen LogP contribution >= 0.6 is 22.6 Å². The lowest BCUT2D eigenvalue weighted by atomic mass is 10.1. The molecule has 0 aliphatic rings. The van der Waals surface area contributed by atoms with Crippen LogP contribution in [0.25, 0.3) is 0 Å². The minimum Gasteiger partial charge on any atom is -0.493 e. The number of nitrogens with one attached hydrogen (secondary N) is 1. The van der Waals surface area contributed by atoms with E-state index in [1.165, 1.54) is 20.4 Å². The van der Waals surface area contributed by atoms with Crippen LogP contribution in [0.3, 0.4) is 0 Å². The van der Waals surface area contributed by atoms with E-state index in [4.69, 9.17) is 14.7 Å². The summed E-state index contributed by atoms with van der Waals surface area (Å²) in [5, 5.41) is 13.0. The second-order valence-corrected chi connectivity index (χ2v) is 6.12. The lowest BCUT2D eigenvalue weighted by molar-refractivity contribution is 0.171. The molecule has 0 aliphatic heterocycles. The molecule has 0 unspecified atom stereocenters. The highest BCUT2D eigenvalue weighted by molar-refractivity contribution is 14.1. The van der Waals surface area contributed by atoms with Crippen molar-refractivity contribution in [1.82, 2.24) is 5.43 Å². The summed E-state index contributed by atoms with van der Waals surface area (Å²) in [6.07, 6.45) is 0.815. The first-order valence-electron chi connectivity index (χ1n) is 7.44. The van der Waals surface area contributed by atoms with Crippen LogP contribution in [0.15, 0.2) is 41.5 Å². The molecule has 1 amide bonds. The lowest BCUT2D eigenvalue weighted by Crippen LogP contribution is -2.16. The molecular weight excluding hydrogens is 449 g/mol. The van der Waals surface area contributed by atoms with E-state index in [0.717, 1.165) is 9.13 Å². The molecule has 2 rings (SSSR count). The van der Waals surface area contributed by atoms with Gasteiger partial charge >= 0.3 is 6.09 Å². The van der Waals surface area contributed by atoms with Gasteiger partial charge in [0, 0.05) is 5.56 Å². The zero-order valence-electron chi connectivity index (χ0n) is 14.2. The summed E-state index contributed by atoms with van der Waals surface area (Å²) in [5.74, 6) is 1.09. The van der Waals surface area contributed by atoms with Gasteiger partial charge in [-0.05, 0) is 46.4 Å². The standard InChI is InChI=1S/C18H16IN3O4/c1-24-16-8-12(10-21-22-18(23)25-2)7-15(19)17(16)26-11-14-6-4-3-5-13(14)9-20/h3-8,10H,11H2,1-2H3,(H,22,23)/b21-10-. The van der Waals surface area contributed by atoms with E-state index < -0.39 is 6.09 Å².